The molecule has 1 aromatic carbocycles. The minimum Gasteiger partial charge on any atom is -0.366 e. The van der Waals surface area contributed by atoms with Gasteiger partial charge in [0.25, 0.3) is 5.91 Å². The van der Waals surface area contributed by atoms with Crippen LogP contribution in [-0.2, 0) is 0 Å². The van der Waals surface area contributed by atoms with Crippen molar-refractivity contribution in [3.8, 4) is 0 Å². The molecule has 0 N–H and O–H groups in total. The van der Waals surface area contributed by atoms with Gasteiger partial charge in [0.2, 0.25) is 0 Å². The summed E-state index contributed by atoms with van der Waals surface area (Å²) in [5, 5.41) is 2.41. The molecule has 4 nitrogen and oxygen atoms in total. The van der Waals surface area contributed by atoms with Crippen LogP contribution in [0, 0.1) is 12.7 Å². The Morgan fingerprint density at radius 3 is 2.57 bits per heavy atom. The van der Waals surface area contributed by atoms with Gasteiger partial charge in [-0.3, -0.25) is 4.79 Å². The van der Waals surface area contributed by atoms with Crippen LogP contribution in [-0.4, -0.2) is 42.0 Å². The number of amides is 1. The Kier molecular flexibility index (Phi) is 3.88. The molecule has 1 saturated heterocycles. The SMILES string of the molecule is Cc1csc(C(=O)N2CCN(c3ccccc3F)CC2)n1. The molecule has 1 amide bonds. The number of hydrogen-bond donors (Lipinski definition) is 0. The third-order valence-electron chi connectivity index (χ3n) is 3.56. The Bertz CT molecular complexity index is 650. The normalized spacial score (nSPS) is 15.3. The number of hydrogen-bond acceptors (Lipinski definition) is 4. The lowest BCUT2D eigenvalue weighted by Crippen LogP contribution is -2.49. The number of anilines is 1. The largest absolute Gasteiger partial charge is 0.366 e. The second-order valence-corrected chi connectivity index (χ2v) is 5.88. The molecule has 1 aliphatic heterocycles. The maximum Gasteiger partial charge on any atom is 0.282 e. The molecular weight excluding hydrogens is 289 g/mol. The van der Waals surface area contributed by atoms with Crippen molar-refractivity contribution in [2.75, 3.05) is 31.1 Å². The zero-order chi connectivity index (χ0) is 14.8. The predicted molar refractivity (Wildman–Crippen MR) is 81.4 cm³/mol. The molecule has 6 heteroatoms. The number of aromatic nitrogens is 1. The van der Waals surface area contributed by atoms with Crippen LogP contribution in [0.25, 0.3) is 0 Å². The van der Waals surface area contributed by atoms with Gasteiger partial charge in [0.1, 0.15) is 5.82 Å². The van der Waals surface area contributed by atoms with Gasteiger partial charge in [-0.15, -0.1) is 11.3 Å². The van der Waals surface area contributed by atoms with Crippen LogP contribution in [0.5, 0.6) is 0 Å². The fraction of sp³-hybridized carbons (Fsp3) is 0.333. The van der Waals surface area contributed by atoms with Gasteiger partial charge < -0.3 is 9.80 Å². The van der Waals surface area contributed by atoms with Crippen LogP contribution in [0.15, 0.2) is 29.6 Å². The topological polar surface area (TPSA) is 36.4 Å². The molecule has 3 rings (SSSR count). The summed E-state index contributed by atoms with van der Waals surface area (Å²) in [7, 11) is 0. The summed E-state index contributed by atoms with van der Waals surface area (Å²) < 4.78 is 13.8. The van der Waals surface area contributed by atoms with E-state index in [0.717, 1.165) is 5.69 Å². The van der Waals surface area contributed by atoms with E-state index >= 15 is 0 Å². The minimum atomic E-state index is -0.215. The lowest BCUT2D eigenvalue weighted by Gasteiger charge is -2.35. The molecule has 2 heterocycles. The molecule has 0 radical (unpaired) electrons. The molecular formula is C15H16FN3OS. The van der Waals surface area contributed by atoms with Gasteiger partial charge in [0.05, 0.1) is 5.69 Å². The number of benzene rings is 1. The van der Waals surface area contributed by atoms with Gasteiger partial charge in [-0.25, -0.2) is 9.37 Å². The Hall–Kier alpha value is -1.95. The first-order valence-electron chi connectivity index (χ1n) is 6.86. The molecule has 21 heavy (non-hydrogen) atoms. The van der Waals surface area contributed by atoms with Crippen molar-refractivity contribution in [1.29, 1.82) is 0 Å². The Morgan fingerprint density at radius 2 is 1.95 bits per heavy atom. The van der Waals surface area contributed by atoms with Crippen molar-refractivity contribution < 1.29 is 9.18 Å². The summed E-state index contributed by atoms with van der Waals surface area (Å²) in [5.74, 6) is -0.242. The molecule has 0 unspecified atom stereocenters. The van der Waals surface area contributed by atoms with Crippen LogP contribution in [0.4, 0.5) is 10.1 Å². The summed E-state index contributed by atoms with van der Waals surface area (Å²) in [6.45, 7) is 4.33. The first-order chi connectivity index (χ1) is 10.1. The van der Waals surface area contributed by atoms with Crippen molar-refractivity contribution >= 4 is 22.9 Å². The van der Waals surface area contributed by atoms with Gasteiger partial charge in [0.15, 0.2) is 5.01 Å². The number of aryl methyl sites for hydroxylation is 1. The number of para-hydroxylation sites is 1. The number of nitrogens with zero attached hydrogens (tertiary/aromatic N) is 3. The first kappa shape index (κ1) is 14.0. The fourth-order valence-electron chi connectivity index (χ4n) is 2.45. The summed E-state index contributed by atoms with van der Waals surface area (Å²) in [5.41, 5.74) is 1.48. The molecule has 2 aromatic rings. The highest BCUT2D eigenvalue weighted by molar-refractivity contribution is 7.11. The number of halogens is 1. The average molecular weight is 305 g/mol. The van der Waals surface area contributed by atoms with E-state index in [9.17, 15) is 9.18 Å². The molecule has 0 aliphatic carbocycles. The van der Waals surface area contributed by atoms with E-state index in [0.29, 0.717) is 36.9 Å². The van der Waals surface area contributed by atoms with Crippen molar-refractivity contribution in [3.63, 3.8) is 0 Å². The van der Waals surface area contributed by atoms with E-state index in [2.05, 4.69) is 4.98 Å². The Morgan fingerprint density at radius 1 is 1.24 bits per heavy atom. The fourth-order valence-corrected chi connectivity index (χ4v) is 3.21. The third-order valence-corrected chi connectivity index (χ3v) is 4.51. The van der Waals surface area contributed by atoms with Crippen LogP contribution in [0.2, 0.25) is 0 Å². The number of rotatable bonds is 2. The quantitative estimate of drug-likeness (QED) is 0.855. The highest BCUT2D eigenvalue weighted by Crippen LogP contribution is 2.21. The molecule has 110 valence electrons. The molecule has 0 saturated carbocycles. The predicted octanol–water partition coefficient (Wildman–Crippen LogP) is 2.55. The van der Waals surface area contributed by atoms with Gasteiger partial charge in [-0.2, -0.15) is 0 Å². The van der Waals surface area contributed by atoms with Crippen LogP contribution < -0.4 is 4.90 Å². The Labute approximate surface area is 126 Å². The van der Waals surface area contributed by atoms with Gasteiger partial charge in [-0.1, -0.05) is 12.1 Å². The molecule has 1 aromatic heterocycles. The van der Waals surface area contributed by atoms with E-state index < -0.39 is 0 Å². The Balaban J connectivity index is 1.65. The second-order valence-electron chi connectivity index (χ2n) is 5.02. The number of thiazole rings is 1. The van der Waals surface area contributed by atoms with Crippen molar-refractivity contribution in [2.24, 2.45) is 0 Å². The lowest BCUT2D eigenvalue weighted by atomic mass is 10.2. The highest BCUT2D eigenvalue weighted by Gasteiger charge is 2.24. The summed E-state index contributed by atoms with van der Waals surface area (Å²) in [6, 6.07) is 6.75. The molecule has 1 aliphatic rings. The minimum absolute atomic E-state index is 0.0266. The van der Waals surface area contributed by atoms with Gasteiger partial charge in [0, 0.05) is 37.3 Å². The highest BCUT2D eigenvalue weighted by atomic mass is 32.1. The standard InChI is InChI=1S/C15H16FN3OS/c1-11-10-21-14(17-11)15(20)19-8-6-18(7-9-19)13-5-3-2-4-12(13)16/h2-5,10H,6-9H2,1H3. The first-order valence-corrected chi connectivity index (χ1v) is 7.74. The number of carbonyl (C=O) groups excluding carboxylic acids is 1. The van der Waals surface area contributed by atoms with E-state index in [1.54, 1.807) is 17.0 Å². The van der Waals surface area contributed by atoms with Crippen molar-refractivity contribution in [3.05, 3.63) is 46.2 Å². The van der Waals surface area contributed by atoms with Crippen molar-refractivity contribution in [1.82, 2.24) is 9.88 Å². The third kappa shape index (κ3) is 2.90. The van der Waals surface area contributed by atoms with Crippen LogP contribution in [0.3, 0.4) is 0 Å². The van der Waals surface area contributed by atoms with E-state index in [1.165, 1.54) is 17.4 Å². The van der Waals surface area contributed by atoms with Crippen LogP contribution >= 0.6 is 11.3 Å². The van der Waals surface area contributed by atoms with Gasteiger partial charge in [-0.05, 0) is 19.1 Å². The van der Waals surface area contributed by atoms with Crippen LogP contribution in [0.1, 0.15) is 15.5 Å². The molecule has 0 atom stereocenters. The maximum absolute atomic E-state index is 13.8. The van der Waals surface area contributed by atoms with E-state index in [-0.39, 0.29) is 11.7 Å². The smallest absolute Gasteiger partial charge is 0.282 e. The maximum atomic E-state index is 13.8. The molecule has 0 bridgehead atoms. The lowest BCUT2D eigenvalue weighted by molar-refractivity contribution is 0.0746. The zero-order valence-corrected chi connectivity index (χ0v) is 12.6. The summed E-state index contributed by atoms with van der Waals surface area (Å²) in [6.07, 6.45) is 0. The number of piperazine rings is 1. The zero-order valence-electron chi connectivity index (χ0n) is 11.8. The van der Waals surface area contributed by atoms with E-state index in [1.807, 2.05) is 23.3 Å². The van der Waals surface area contributed by atoms with Gasteiger partial charge >= 0.3 is 0 Å². The average Bonchev–Trinajstić information content (AvgIpc) is 2.94. The second kappa shape index (κ2) is 5.81. The monoisotopic (exact) mass is 305 g/mol. The number of carbonyl (C=O) groups is 1. The summed E-state index contributed by atoms with van der Waals surface area (Å²) >= 11 is 1.38. The van der Waals surface area contributed by atoms with Crippen molar-refractivity contribution in [2.45, 2.75) is 6.92 Å². The molecule has 0 spiro atoms. The summed E-state index contributed by atoms with van der Waals surface area (Å²) in [4.78, 5) is 20.3. The van der Waals surface area contributed by atoms with E-state index in [4.69, 9.17) is 0 Å². The molecule has 1 fully saturated rings.